The van der Waals surface area contributed by atoms with E-state index in [0.29, 0.717) is 60.9 Å². The second-order valence-corrected chi connectivity index (χ2v) is 13.3. The zero-order valence-corrected chi connectivity index (χ0v) is 27.9. The molecule has 0 bridgehead atoms. The van der Waals surface area contributed by atoms with Crippen molar-refractivity contribution in [2.45, 2.75) is 69.3 Å². The van der Waals surface area contributed by atoms with Gasteiger partial charge in [0.2, 0.25) is 11.5 Å². The highest BCUT2D eigenvalue weighted by molar-refractivity contribution is 6.03. The van der Waals surface area contributed by atoms with Crippen molar-refractivity contribution in [2.75, 3.05) is 13.2 Å². The van der Waals surface area contributed by atoms with Crippen LogP contribution in [0, 0.1) is 27.9 Å². The lowest BCUT2D eigenvalue weighted by Gasteiger charge is -2.56. The van der Waals surface area contributed by atoms with Crippen molar-refractivity contribution in [3.05, 3.63) is 86.7 Å². The van der Waals surface area contributed by atoms with Gasteiger partial charge in [-0.25, -0.2) is 14.3 Å². The Morgan fingerprint density at radius 2 is 1.75 bits per heavy atom. The summed E-state index contributed by atoms with van der Waals surface area (Å²) < 4.78 is 7.24. The highest BCUT2D eigenvalue weighted by atomic mass is 16.6. The first-order valence-electron chi connectivity index (χ1n) is 17.0. The molecule has 2 heterocycles. The average Bonchev–Trinajstić information content (AvgIpc) is 3.56. The minimum Gasteiger partial charge on any atom is -0.508 e. The number of oxime groups is 1. The number of aliphatic hydroxyl groups excluding tert-OH is 2. The van der Waals surface area contributed by atoms with E-state index in [-0.39, 0.29) is 55.3 Å². The summed E-state index contributed by atoms with van der Waals surface area (Å²) in [6, 6.07) is 8.79. The molecule has 1 aromatic heterocycles. The van der Waals surface area contributed by atoms with Gasteiger partial charge in [0.1, 0.15) is 24.1 Å². The number of aromatic hydroxyl groups is 1. The van der Waals surface area contributed by atoms with Crippen LogP contribution in [0.1, 0.15) is 89.0 Å². The number of fused-ring (bicyclic) bond motifs is 2. The molecule has 17 nitrogen and oxygen atoms in total. The minimum atomic E-state index is -2.24. The fourth-order valence-electron chi connectivity index (χ4n) is 7.96. The van der Waals surface area contributed by atoms with Gasteiger partial charge in [-0.15, -0.1) is 5.10 Å². The zero-order valence-electron chi connectivity index (χ0n) is 27.9. The third-order valence-electron chi connectivity index (χ3n) is 10.2. The second kappa shape index (κ2) is 15.1. The summed E-state index contributed by atoms with van der Waals surface area (Å²) in [5.74, 6) is -7.17. The van der Waals surface area contributed by atoms with Gasteiger partial charge in [-0.2, -0.15) is 0 Å². The first-order valence-corrected chi connectivity index (χ1v) is 17.0. The van der Waals surface area contributed by atoms with Gasteiger partial charge in [0.05, 0.1) is 16.6 Å². The number of nitrogens with zero attached hydrogens (tertiary/aromatic N) is 5. The van der Waals surface area contributed by atoms with Crippen LogP contribution in [0.3, 0.4) is 0 Å². The van der Waals surface area contributed by atoms with Crippen LogP contribution < -0.4 is 4.74 Å². The highest BCUT2D eigenvalue weighted by Crippen LogP contribution is 2.62. The Bertz CT molecular complexity index is 1890. The van der Waals surface area contributed by atoms with E-state index in [9.17, 15) is 50.3 Å². The lowest BCUT2D eigenvalue weighted by atomic mass is 9.55. The number of nitro benzene ring substituents is 1. The van der Waals surface area contributed by atoms with Crippen LogP contribution in [-0.4, -0.2) is 87.2 Å². The number of rotatable bonds is 15. The number of phenolic OH excluding ortho intramolecular Hbond substituents is 1. The SMILES string of the molecule is O=C(O)c1nnn([C@H]2CC(=NOCc3ccc([N+](=O)[O-])cc3)C3=C[C@H](CCCCO)[C@@H](CCCCO)[C@@H]4c5cc(O)ccc5O[C@@]2(O)[C@H]34)c1C(=O)O. The van der Waals surface area contributed by atoms with E-state index in [1.807, 2.05) is 6.08 Å². The molecule has 0 amide bonds. The van der Waals surface area contributed by atoms with Crippen molar-refractivity contribution in [2.24, 2.45) is 22.9 Å². The van der Waals surface area contributed by atoms with Crippen LogP contribution in [-0.2, 0) is 11.4 Å². The van der Waals surface area contributed by atoms with E-state index >= 15 is 0 Å². The van der Waals surface area contributed by atoms with Crippen molar-refractivity contribution in [3.8, 4) is 11.5 Å². The van der Waals surface area contributed by atoms with Crippen LogP contribution in [0.2, 0.25) is 0 Å². The van der Waals surface area contributed by atoms with E-state index in [0.717, 1.165) is 4.68 Å². The van der Waals surface area contributed by atoms with Crippen LogP contribution in [0.25, 0.3) is 0 Å². The molecular weight excluding hydrogens is 682 g/mol. The van der Waals surface area contributed by atoms with Crippen LogP contribution in [0.15, 0.2) is 59.3 Å². The molecule has 6 N–H and O–H groups in total. The predicted octanol–water partition coefficient (Wildman–Crippen LogP) is 3.78. The third kappa shape index (κ3) is 6.81. The molecule has 0 unspecified atom stereocenters. The molecule has 0 saturated heterocycles. The molecule has 2 aromatic carbocycles. The average molecular weight is 722 g/mol. The largest absolute Gasteiger partial charge is 0.508 e. The number of benzene rings is 2. The number of aromatic carboxylic acids is 2. The minimum absolute atomic E-state index is 0.00183. The number of carboxylic acids is 2. The van der Waals surface area contributed by atoms with Gasteiger partial charge in [0.15, 0.2) is 5.69 Å². The Morgan fingerprint density at radius 1 is 1.04 bits per heavy atom. The van der Waals surface area contributed by atoms with E-state index in [2.05, 4.69) is 15.5 Å². The number of phenols is 1. The molecule has 1 fully saturated rings. The smallest absolute Gasteiger partial charge is 0.359 e. The van der Waals surface area contributed by atoms with E-state index < -0.39 is 51.9 Å². The molecule has 6 rings (SSSR count). The maximum atomic E-state index is 12.9. The number of aliphatic hydroxyl groups is 3. The van der Waals surface area contributed by atoms with Crippen molar-refractivity contribution in [1.82, 2.24) is 15.0 Å². The summed E-state index contributed by atoms with van der Waals surface area (Å²) >= 11 is 0. The first kappa shape index (κ1) is 36.4. The third-order valence-corrected chi connectivity index (χ3v) is 10.2. The lowest BCUT2D eigenvalue weighted by molar-refractivity contribution is -0.384. The number of hydrogen-bond donors (Lipinski definition) is 6. The molecule has 0 spiro atoms. The quantitative estimate of drug-likeness (QED) is 0.0741. The molecule has 6 atom stereocenters. The Morgan fingerprint density at radius 3 is 2.40 bits per heavy atom. The molecule has 1 aliphatic heterocycles. The number of hydrogen-bond acceptors (Lipinski definition) is 13. The van der Waals surface area contributed by atoms with Crippen molar-refractivity contribution >= 4 is 23.3 Å². The highest BCUT2D eigenvalue weighted by Gasteiger charge is 2.63. The Hall–Kier alpha value is -5.39. The Kier molecular flexibility index (Phi) is 10.5. The van der Waals surface area contributed by atoms with Gasteiger partial charge in [0.25, 0.3) is 5.69 Å². The monoisotopic (exact) mass is 721 g/mol. The first-order chi connectivity index (χ1) is 25.0. The Balaban J connectivity index is 1.53. The number of unbranched alkanes of at least 4 members (excludes halogenated alkanes) is 2. The number of carbonyl (C=O) groups is 2. The van der Waals surface area contributed by atoms with E-state index in [1.54, 1.807) is 6.07 Å². The van der Waals surface area contributed by atoms with Crippen molar-refractivity contribution < 1.29 is 54.7 Å². The summed E-state index contributed by atoms with van der Waals surface area (Å²) in [6.45, 7) is -0.119. The van der Waals surface area contributed by atoms with Crippen LogP contribution >= 0.6 is 0 Å². The maximum absolute atomic E-state index is 12.9. The molecule has 2 aliphatic carbocycles. The summed E-state index contributed by atoms with van der Waals surface area (Å²) in [4.78, 5) is 41.0. The van der Waals surface area contributed by atoms with Gasteiger partial charge in [-0.05, 0) is 79.0 Å². The topological polar surface area (TPSA) is 260 Å². The summed E-state index contributed by atoms with van der Waals surface area (Å²) in [5, 5.41) is 85.9. The molecule has 1 saturated carbocycles. The molecule has 3 aliphatic rings. The predicted molar refractivity (Wildman–Crippen MR) is 180 cm³/mol. The zero-order chi connectivity index (χ0) is 37.2. The van der Waals surface area contributed by atoms with Gasteiger partial charge >= 0.3 is 11.9 Å². The Labute approximate surface area is 296 Å². The normalized spacial score (nSPS) is 25.4. The molecule has 17 heteroatoms. The fraction of sp³-hybridized carbons (Fsp3) is 0.457. The number of non-ortho nitro benzene ring substituents is 1. The maximum Gasteiger partial charge on any atom is 0.359 e. The number of ether oxygens (including phenoxy) is 1. The van der Waals surface area contributed by atoms with Crippen molar-refractivity contribution in [1.29, 1.82) is 0 Å². The molecule has 3 aromatic rings. The van der Waals surface area contributed by atoms with Crippen LogP contribution in [0.4, 0.5) is 5.69 Å². The molecule has 276 valence electrons. The van der Waals surface area contributed by atoms with Crippen molar-refractivity contribution in [3.63, 3.8) is 0 Å². The molecular formula is C35H39N5O12. The number of nitro groups is 1. The van der Waals surface area contributed by atoms with Gasteiger partial charge in [0, 0.05) is 43.2 Å². The number of aromatic nitrogens is 3. The molecule has 0 radical (unpaired) electrons. The van der Waals surface area contributed by atoms with Gasteiger partial charge < -0.3 is 40.2 Å². The standard InChI is InChI=1S/C35H39N5O12/c41-13-3-1-5-20-15-24-26(37-51-18-19-7-9-21(10-8-19)40(49)50)17-28(39-32(34(46)47)31(33(44)45)36-38-39)35(48)30(24)29(23(20)6-2-4-14-42)25-16-22(43)11-12-27(25)52-35/h7-12,15-16,20,23,28-30,41-43,48H,1-6,13-14,17-18H2,(H,44,45)(H,46,47)/t20-,23+,28-,29+,30+,35+/m0/s1. The summed E-state index contributed by atoms with van der Waals surface area (Å²) in [6.07, 6.45) is 5.40. The number of allylic oxidation sites excluding steroid dienone is 1. The summed E-state index contributed by atoms with van der Waals surface area (Å²) in [5.41, 5.74) is 0.288. The van der Waals surface area contributed by atoms with E-state index in [1.165, 1.54) is 36.4 Å². The molecule has 52 heavy (non-hydrogen) atoms. The van der Waals surface area contributed by atoms with Crippen LogP contribution in [0.5, 0.6) is 11.5 Å². The fourth-order valence-corrected chi connectivity index (χ4v) is 7.96. The number of carboxylic acid groups (broad SMARTS) is 2. The summed E-state index contributed by atoms with van der Waals surface area (Å²) in [7, 11) is 0. The van der Waals surface area contributed by atoms with E-state index in [4.69, 9.17) is 9.57 Å². The second-order valence-electron chi connectivity index (χ2n) is 13.3. The lowest BCUT2D eigenvalue weighted by Crippen LogP contribution is -2.62. The van der Waals surface area contributed by atoms with Gasteiger partial charge in [-0.3, -0.25) is 10.1 Å². The van der Waals surface area contributed by atoms with Gasteiger partial charge in [-0.1, -0.05) is 29.3 Å².